The fourth-order valence-corrected chi connectivity index (χ4v) is 4.64. The molecule has 0 N–H and O–H groups in total. The Morgan fingerprint density at radius 2 is 1.28 bits per heavy atom. The fourth-order valence-electron chi connectivity index (χ4n) is 3.13. The van der Waals surface area contributed by atoms with Gasteiger partial charge >= 0.3 is 0 Å². The van der Waals surface area contributed by atoms with Crippen molar-refractivity contribution >= 4 is 15.7 Å². The largest absolute Gasteiger partial charge is 0.369 e. The second-order valence-electron chi connectivity index (χ2n) is 6.91. The zero-order chi connectivity index (χ0) is 18.2. The van der Waals surface area contributed by atoms with Gasteiger partial charge in [0.15, 0.2) is 0 Å². The van der Waals surface area contributed by atoms with Crippen LogP contribution in [0.25, 0.3) is 0 Å². The summed E-state index contributed by atoms with van der Waals surface area (Å²) >= 11 is 0. The van der Waals surface area contributed by atoms with Crippen molar-refractivity contribution in [1.82, 2.24) is 4.31 Å². The quantitative estimate of drug-likeness (QED) is 0.844. The maximum Gasteiger partial charge on any atom is 0.243 e. The van der Waals surface area contributed by atoms with Gasteiger partial charge in [-0.1, -0.05) is 12.1 Å². The summed E-state index contributed by atoms with van der Waals surface area (Å²) in [4.78, 5) is 2.66. The van der Waals surface area contributed by atoms with Crippen molar-refractivity contribution in [3.63, 3.8) is 0 Å². The number of nitrogens with zero attached hydrogens (tertiary/aromatic N) is 2. The lowest BCUT2D eigenvalue weighted by atomic mass is 10.1. The highest BCUT2D eigenvalue weighted by Crippen LogP contribution is 2.24. The van der Waals surface area contributed by atoms with Gasteiger partial charge in [0.1, 0.15) is 0 Å². The second-order valence-corrected chi connectivity index (χ2v) is 8.84. The number of aryl methyl sites for hydroxylation is 4. The number of rotatable bonds is 3. The van der Waals surface area contributed by atoms with E-state index in [2.05, 4.69) is 36.9 Å². The molecule has 0 radical (unpaired) electrons. The van der Waals surface area contributed by atoms with E-state index < -0.39 is 10.0 Å². The molecular formula is C20H26N2O2S. The van der Waals surface area contributed by atoms with Gasteiger partial charge in [-0.2, -0.15) is 4.31 Å². The number of hydrogen-bond acceptors (Lipinski definition) is 3. The Kier molecular flexibility index (Phi) is 4.89. The first kappa shape index (κ1) is 18.0. The molecule has 1 aliphatic rings. The molecule has 4 nitrogen and oxygen atoms in total. The normalized spacial score (nSPS) is 16.2. The van der Waals surface area contributed by atoms with Crippen molar-refractivity contribution in [2.45, 2.75) is 32.6 Å². The summed E-state index contributed by atoms with van der Waals surface area (Å²) in [6.45, 7) is 10.6. The minimum Gasteiger partial charge on any atom is -0.369 e. The maximum absolute atomic E-state index is 12.9. The van der Waals surface area contributed by atoms with E-state index in [1.165, 1.54) is 16.8 Å². The Balaban J connectivity index is 1.74. The Labute approximate surface area is 151 Å². The van der Waals surface area contributed by atoms with Crippen molar-refractivity contribution in [2.75, 3.05) is 31.1 Å². The molecule has 2 aromatic rings. The molecule has 1 saturated heterocycles. The topological polar surface area (TPSA) is 40.6 Å². The lowest BCUT2D eigenvalue weighted by Gasteiger charge is -2.35. The Hall–Kier alpha value is -1.85. The molecule has 25 heavy (non-hydrogen) atoms. The van der Waals surface area contributed by atoms with Crippen LogP contribution in [0.2, 0.25) is 0 Å². The fraction of sp³-hybridized carbons (Fsp3) is 0.400. The summed E-state index contributed by atoms with van der Waals surface area (Å²) in [7, 11) is -3.42. The predicted octanol–water partition coefficient (Wildman–Crippen LogP) is 3.43. The lowest BCUT2D eigenvalue weighted by molar-refractivity contribution is 0.385. The average molecular weight is 359 g/mol. The van der Waals surface area contributed by atoms with E-state index in [-0.39, 0.29) is 0 Å². The van der Waals surface area contributed by atoms with Crippen molar-refractivity contribution in [3.8, 4) is 0 Å². The predicted molar refractivity (Wildman–Crippen MR) is 103 cm³/mol. The van der Waals surface area contributed by atoms with Gasteiger partial charge in [-0.15, -0.1) is 0 Å². The monoisotopic (exact) mass is 358 g/mol. The van der Waals surface area contributed by atoms with E-state index in [9.17, 15) is 8.42 Å². The SMILES string of the molecule is Cc1ccc(N2CCN(S(=O)(=O)c3ccc(C)c(C)c3)CC2)cc1C. The molecule has 0 bridgehead atoms. The Morgan fingerprint density at radius 1 is 0.720 bits per heavy atom. The van der Waals surface area contributed by atoms with Crippen LogP contribution in [-0.4, -0.2) is 38.9 Å². The maximum atomic E-state index is 12.9. The van der Waals surface area contributed by atoms with Crippen molar-refractivity contribution < 1.29 is 8.42 Å². The van der Waals surface area contributed by atoms with Crippen LogP contribution in [0.1, 0.15) is 22.3 Å². The van der Waals surface area contributed by atoms with E-state index in [0.29, 0.717) is 31.1 Å². The van der Waals surface area contributed by atoms with Gasteiger partial charge in [0.2, 0.25) is 10.0 Å². The van der Waals surface area contributed by atoms with E-state index in [4.69, 9.17) is 0 Å². The molecular weight excluding hydrogens is 332 g/mol. The minimum atomic E-state index is -3.42. The third-order valence-electron chi connectivity index (χ3n) is 5.21. The van der Waals surface area contributed by atoms with E-state index in [0.717, 1.165) is 11.1 Å². The molecule has 2 aromatic carbocycles. The second kappa shape index (κ2) is 6.81. The number of piperazine rings is 1. The van der Waals surface area contributed by atoms with Crippen LogP contribution < -0.4 is 4.90 Å². The van der Waals surface area contributed by atoms with Crippen LogP contribution in [0, 0.1) is 27.7 Å². The minimum absolute atomic E-state index is 0.398. The molecule has 0 aromatic heterocycles. The van der Waals surface area contributed by atoms with Gasteiger partial charge in [-0.25, -0.2) is 8.42 Å². The zero-order valence-corrected chi connectivity index (χ0v) is 16.2. The van der Waals surface area contributed by atoms with Crippen LogP contribution in [-0.2, 0) is 10.0 Å². The lowest BCUT2D eigenvalue weighted by Crippen LogP contribution is -2.48. The Morgan fingerprint density at radius 3 is 1.84 bits per heavy atom. The Bertz CT molecular complexity index is 883. The molecule has 0 spiro atoms. The smallest absolute Gasteiger partial charge is 0.243 e. The average Bonchev–Trinajstić information content (AvgIpc) is 2.60. The highest BCUT2D eigenvalue weighted by molar-refractivity contribution is 7.89. The highest BCUT2D eigenvalue weighted by Gasteiger charge is 2.28. The summed E-state index contributed by atoms with van der Waals surface area (Å²) in [5.74, 6) is 0. The highest BCUT2D eigenvalue weighted by atomic mass is 32.2. The molecule has 134 valence electrons. The third kappa shape index (κ3) is 3.58. The van der Waals surface area contributed by atoms with Crippen molar-refractivity contribution in [1.29, 1.82) is 0 Å². The number of sulfonamides is 1. The van der Waals surface area contributed by atoms with E-state index >= 15 is 0 Å². The summed E-state index contributed by atoms with van der Waals surface area (Å²) < 4.78 is 27.4. The molecule has 0 saturated carbocycles. The van der Waals surface area contributed by atoms with Crippen LogP contribution >= 0.6 is 0 Å². The molecule has 1 aliphatic heterocycles. The van der Waals surface area contributed by atoms with Crippen LogP contribution in [0.15, 0.2) is 41.3 Å². The molecule has 1 heterocycles. The van der Waals surface area contributed by atoms with Crippen LogP contribution in [0.4, 0.5) is 5.69 Å². The molecule has 5 heteroatoms. The number of hydrogen-bond donors (Lipinski definition) is 0. The summed E-state index contributed by atoms with van der Waals surface area (Å²) in [6, 6.07) is 11.8. The zero-order valence-electron chi connectivity index (χ0n) is 15.4. The van der Waals surface area contributed by atoms with E-state index in [1.807, 2.05) is 19.9 Å². The van der Waals surface area contributed by atoms with Gasteiger partial charge in [0.05, 0.1) is 4.90 Å². The molecule has 0 unspecified atom stereocenters. The van der Waals surface area contributed by atoms with Gasteiger partial charge < -0.3 is 4.90 Å². The van der Waals surface area contributed by atoms with Crippen molar-refractivity contribution in [2.24, 2.45) is 0 Å². The molecule has 3 rings (SSSR count). The van der Waals surface area contributed by atoms with Gasteiger partial charge in [0, 0.05) is 31.9 Å². The van der Waals surface area contributed by atoms with Gasteiger partial charge in [-0.05, 0) is 74.2 Å². The van der Waals surface area contributed by atoms with Crippen LogP contribution in [0.3, 0.4) is 0 Å². The summed E-state index contributed by atoms with van der Waals surface area (Å²) in [5.41, 5.74) is 5.84. The summed E-state index contributed by atoms with van der Waals surface area (Å²) in [5, 5.41) is 0. The first-order chi connectivity index (χ1) is 11.8. The molecule has 1 fully saturated rings. The standard InChI is InChI=1S/C20H26N2O2S/c1-15-5-7-19(13-17(15)3)21-9-11-22(12-10-21)25(23,24)20-8-6-16(2)18(4)14-20/h5-8,13-14H,9-12H2,1-4H3. The number of anilines is 1. The first-order valence-corrected chi connectivity index (χ1v) is 10.1. The summed E-state index contributed by atoms with van der Waals surface area (Å²) in [6.07, 6.45) is 0. The van der Waals surface area contributed by atoms with Gasteiger partial charge in [0.25, 0.3) is 0 Å². The molecule has 0 atom stereocenters. The van der Waals surface area contributed by atoms with E-state index in [1.54, 1.807) is 16.4 Å². The van der Waals surface area contributed by atoms with Gasteiger partial charge in [-0.3, -0.25) is 0 Å². The molecule has 0 aliphatic carbocycles. The number of benzene rings is 2. The first-order valence-electron chi connectivity index (χ1n) is 8.68. The third-order valence-corrected chi connectivity index (χ3v) is 7.11. The molecule has 0 amide bonds. The van der Waals surface area contributed by atoms with Crippen LogP contribution in [0.5, 0.6) is 0 Å². The van der Waals surface area contributed by atoms with Crippen molar-refractivity contribution in [3.05, 3.63) is 58.7 Å².